The molecule has 0 radical (unpaired) electrons. The first-order chi connectivity index (χ1) is 9.11. The Hall–Kier alpha value is -1.93. The van der Waals surface area contributed by atoms with Crippen molar-refractivity contribution in [2.75, 3.05) is 24.7 Å². The van der Waals surface area contributed by atoms with E-state index < -0.39 is 0 Å². The number of thiocarbonyl (C=S) groups is 1. The Balaban J connectivity index is 2.76. The van der Waals surface area contributed by atoms with Gasteiger partial charge in [-0.25, -0.2) is 9.97 Å². The highest BCUT2D eigenvalue weighted by Crippen LogP contribution is 2.31. The molecule has 0 amide bonds. The molecule has 0 aliphatic rings. The number of nitrogens with zero attached hydrogens (tertiary/aromatic N) is 3. The zero-order valence-corrected chi connectivity index (χ0v) is 11.6. The number of ether oxygens (including phenoxy) is 1. The Morgan fingerprint density at radius 2 is 2.26 bits per heavy atom. The summed E-state index contributed by atoms with van der Waals surface area (Å²) in [4.78, 5) is 8.61. The van der Waals surface area contributed by atoms with Gasteiger partial charge in [-0.05, 0) is 6.92 Å². The summed E-state index contributed by atoms with van der Waals surface area (Å²) in [6.45, 7) is 2.78. The van der Waals surface area contributed by atoms with E-state index in [0.29, 0.717) is 36.2 Å². The molecule has 5 N–H and O–H groups in total. The van der Waals surface area contributed by atoms with Crippen molar-refractivity contribution < 1.29 is 4.74 Å². The number of nitrogens with two attached hydrogens (primary N) is 2. The fraction of sp³-hybridized carbons (Fsp3) is 0.364. The lowest BCUT2D eigenvalue weighted by atomic mass is 10.2. The van der Waals surface area contributed by atoms with Crippen LogP contribution in [0.25, 0.3) is 11.0 Å². The average molecular weight is 280 g/mol. The van der Waals surface area contributed by atoms with Gasteiger partial charge in [0, 0.05) is 13.7 Å². The standard InChI is InChI=1S/C11H16N6OS/c1-3-18-5-17-8(12)6(9(13)19)7-10(14-2)15-4-16-11(7)17/h4H,3,5,12H2,1-2H3,(H2,13,19)(H,14,15,16). The van der Waals surface area contributed by atoms with Crippen molar-refractivity contribution in [3.63, 3.8) is 0 Å². The van der Waals surface area contributed by atoms with Gasteiger partial charge in [-0.1, -0.05) is 12.2 Å². The van der Waals surface area contributed by atoms with Gasteiger partial charge in [0.05, 0.1) is 10.9 Å². The maximum atomic E-state index is 6.10. The number of rotatable bonds is 5. The van der Waals surface area contributed by atoms with Crippen molar-refractivity contribution >= 4 is 39.9 Å². The lowest BCUT2D eigenvalue weighted by Gasteiger charge is -2.07. The largest absolute Gasteiger partial charge is 0.389 e. The predicted molar refractivity (Wildman–Crippen MR) is 79.0 cm³/mol. The van der Waals surface area contributed by atoms with Crippen molar-refractivity contribution in [3.05, 3.63) is 11.9 Å². The second-order valence-electron chi connectivity index (χ2n) is 3.85. The van der Waals surface area contributed by atoms with Crippen molar-refractivity contribution in [1.29, 1.82) is 0 Å². The summed E-state index contributed by atoms with van der Waals surface area (Å²) < 4.78 is 7.13. The van der Waals surface area contributed by atoms with E-state index in [9.17, 15) is 0 Å². The third-order valence-electron chi connectivity index (χ3n) is 2.79. The number of fused-ring (bicyclic) bond motifs is 1. The summed E-state index contributed by atoms with van der Waals surface area (Å²) in [6.07, 6.45) is 1.46. The normalized spacial score (nSPS) is 10.8. The van der Waals surface area contributed by atoms with E-state index in [0.717, 1.165) is 5.39 Å². The van der Waals surface area contributed by atoms with Crippen LogP contribution in [0.2, 0.25) is 0 Å². The molecule has 0 aliphatic carbocycles. The minimum Gasteiger partial charge on any atom is -0.389 e. The molecule has 2 heterocycles. The van der Waals surface area contributed by atoms with Gasteiger partial charge in [0.1, 0.15) is 35.3 Å². The van der Waals surface area contributed by atoms with Gasteiger partial charge in [-0.3, -0.25) is 4.57 Å². The molecule has 0 aromatic carbocycles. The van der Waals surface area contributed by atoms with Crippen LogP contribution in [0.4, 0.5) is 11.6 Å². The Bertz CT molecular complexity index is 623. The first-order valence-electron chi connectivity index (χ1n) is 5.79. The average Bonchev–Trinajstić information content (AvgIpc) is 2.68. The topological polar surface area (TPSA) is 104 Å². The smallest absolute Gasteiger partial charge is 0.149 e. The van der Waals surface area contributed by atoms with E-state index >= 15 is 0 Å². The molecule has 0 bridgehead atoms. The summed E-state index contributed by atoms with van der Waals surface area (Å²) in [5.41, 5.74) is 13.1. The molecular formula is C11H16N6OS. The van der Waals surface area contributed by atoms with Crippen LogP contribution in [0.15, 0.2) is 6.33 Å². The van der Waals surface area contributed by atoms with Crippen LogP contribution in [0.5, 0.6) is 0 Å². The van der Waals surface area contributed by atoms with Crippen LogP contribution < -0.4 is 16.8 Å². The van der Waals surface area contributed by atoms with Crippen LogP contribution in [0, 0.1) is 0 Å². The Kier molecular flexibility index (Phi) is 3.82. The highest BCUT2D eigenvalue weighted by atomic mass is 32.1. The first kappa shape index (κ1) is 13.5. The summed E-state index contributed by atoms with van der Waals surface area (Å²) in [5.74, 6) is 1.07. The Labute approximate surface area is 115 Å². The number of hydrogen-bond donors (Lipinski definition) is 3. The summed E-state index contributed by atoms with van der Waals surface area (Å²) in [6, 6.07) is 0. The van der Waals surface area contributed by atoms with Gasteiger partial charge in [-0.15, -0.1) is 0 Å². The molecule has 0 spiro atoms. The van der Waals surface area contributed by atoms with Crippen LogP contribution in [-0.4, -0.2) is 33.2 Å². The zero-order chi connectivity index (χ0) is 14.0. The molecule has 102 valence electrons. The van der Waals surface area contributed by atoms with Gasteiger partial charge >= 0.3 is 0 Å². The van der Waals surface area contributed by atoms with E-state index in [-0.39, 0.29) is 4.99 Å². The SMILES string of the molecule is CCOCn1c(N)c(C(N)=S)c2c(NC)ncnc21. The van der Waals surface area contributed by atoms with Gasteiger partial charge < -0.3 is 21.5 Å². The molecule has 2 rings (SSSR count). The Morgan fingerprint density at radius 3 is 2.84 bits per heavy atom. The molecule has 2 aromatic heterocycles. The maximum Gasteiger partial charge on any atom is 0.149 e. The fourth-order valence-electron chi connectivity index (χ4n) is 1.94. The molecular weight excluding hydrogens is 264 g/mol. The third kappa shape index (κ3) is 2.20. The van der Waals surface area contributed by atoms with Gasteiger partial charge in [0.25, 0.3) is 0 Å². The van der Waals surface area contributed by atoms with Crippen molar-refractivity contribution in [1.82, 2.24) is 14.5 Å². The number of hydrogen-bond acceptors (Lipinski definition) is 6. The highest BCUT2D eigenvalue weighted by Gasteiger charge is 2.21. The number of anilines is 2. The molecule has 2 aromatic rings. The van der Waals surface area contributed by atoms with Crippen LogP contribution in [-0.2, 0) is 11.5 Å². The summed E-state index contributed by atoms with van der Waals surface area (Å²) in [5, 5.41) is 3.70. The zero-order valence-electron chi connectivity index (χ0n) is 10.8. The van der Waals surface area contributed by atoms with Crippen LogP contribution >= 0.6 is 12.2 Å². The molecule has 7 nitrogen and oxygen atoms in total. The molecule has 0 fully saturated rings. The lowest BCUT2D eigenvalue weighted by molar-refractivity contribution is 0.0919. The monoisotopic (exact) mass is 280 g/mol. The van der Waals surface area contributed by atoms with Crippen LogP contribution in [0.1, 0.15) is 12.5 Å². The minimum absolute atomic E-state index is 0.212. The minimum atomic E-state index is 0.212. The van der Waals surface area contributed by atoms with Crippen molar-refractivity contribution in [3.8, 4) is 0 Å². The van der Waals surface area contributed by atoms with E-state index in [4.69, 9.17) is 28.4 Å². The summed E-state index contributed by atoms with van der Waals surface area (Å²) in [7, 11) is 1.77. The van der Waals surface area contributed by atoms with Gasteiger partial charge in [0.15, 0.2) is 0 Å². The van der Waals surface area contributed by atoms with E-state index in [2.05, 4.69) is 15.3 Å². The number of aromatic nitrogens is 3. The molecule has 0 aliphatic heterocycles. The highest BCUT2D eigenvalue weighted by molar-refractivity contribution is 7.80. The van der Waals surface area contributed by atoms with E-state index in [1.54, 1.807) is 11.6 Å². The molecule has 0 atom stereocenters. The lowest BCUT2D eigenvalue weighted by Crippen LogP contribution is -2.13. The summed E-state index contributed by atoms with van der Waals surface area (Å²) >= 11 is 5.07. The second-order valence-corrected chi connectivity index (χ2v) is 4.29. The van der Waals surface area contributed by atoms with Crippen molar-refractivity contribution in [2.45, 2.75) is 13.7 Å². The Morgan fingerprint density at radius 1 is 1.53 bits per heavy atom. The molecule has 19 heavy (non-hydrogen) atoms. The van der Waals surface area contributed by atoms with Gasteiger partial charge in [-0.2, -0.15) is 0 Å². The molecule has 0 saturated carbocycles. The third-order valence-corrected chi connectivity index (χ3v) is 2.99. The predicted octanol–water partition coefficient (Wildman–Crippen LogP) is 0.683. The molecule has 0 unspecified atom stereocenters. The quantitative estimate of drug-likeness (QED) is 0.692. The van der Waals surface area contributed by atoms with Gasteiger partial charge in [0.2, 0.25) is 0 Å². The number of nitrogens with one attached hydrogen (secondary N) is 1. The van der Waals surface area contributed by atoms with Crippen LogP contribution in [0.3, 0.4) is 0 Å². The number of nitrogen functional groups attached to an aromatic ring is 1. The van der Waals surface area contributed by atoms with Crippen molar-refractivity contribution in [2.24, 2.45) is 5.73 Å². The van der Waals surface area contributed by atoms with E-state index in [1.165, 1.54) is 6.33 Å². The maximum absolute atomic E-state index is 6.10. The molecule has 8 heteroatoms. The fourth-order valence-corrected chi connectivity index (χ4v) is 2.15. The molecule has 0 saturated heterocycles. The second kappa shape index (κ2) is 5.37. The van der Waals surface area contributed by atoms with E-state index in [1.807, 2.05) is 6.92 Å². The first-order valence-corrected chi connectivity index (χ1v) is 6.20.